The lowest BCUT2D eigenvalue weighted by molar-refractivity contribution is 0.196. The SMILES string of the molecule is COc1cc(C(C)Nc2c(F)c(F)nc(F)c2F)ccc1OCCO. The number of anilines is 1. The number of rotatable bonds is 7. The predicted octanol–water partition coefficient (Wildman–Crippen LogP) is 3.19. The van der Waals surface area contributed by atoms with Gasteiger partial charge in [0.2, 0.25) is 11.6 Å². The molecule has 0 aliphatic carbocycles. The summed E-state index contributed by atoms with van der Waals surface area (Å²) in [4.78, 5) is 2.50. The van der Waals surface area contributed by atoms with Crippen molar-refractivity contribution in [3.8, 4) is 11.5 Å². The number of benzene rings is 1. The minimum atomic E-state index is -1.74. The van der Waals surface area contributed by atoms with E-state index in [-0.39, 0.29) is 13.2 Å². The molecule has 0 aliphatic rings. The van der Waals surface area contributed by atoms with E-state index in [0.29, 0.717) is 17.1 Å². The molecule has 25 heavy (non-hydrogen) atoms. The van der Waals surface area contributed by atoms with Crippen molar-refractivity contribution in [3.05, 3.63) is 47.3 Å². The highest BCUT2D eigenvalue weighted by Crippen LogP contribution is 2.32. The topological polar surface area (TPSA) is 63.6 Å². The Hall–Kier alpha value is -2.55. The lowest BCUT2D eigenvalue weighted by Gasteiger charge is -2.19. The fraction of sp³-hybridized carbons (Fsp3) is 0.312. The van der Waals surface area contributed by atoms with Crippen LogP contribution in [-0.2, 0) is 0 Å². The molecule has 1 heterocycles. The van der Waals surface area contributed by atoms with Crippen LogP contribution in [0.15, 0.2) is 18.2 Å². The predicted molar refractivity (Wildman–Crippen MR) is 81.7 cm³/mol. The number of aliphatic hydroxyl groups is 1. The van der Waals surface area contributed by atoms with Crippen LogP contribution in [0.3, 0.4) is 0 Å². The number of halogens is 4. The van der Waals surface area contributed by atoms with Gasteiger partial charge in [-0.2, -0.15) is 22.5 Å². The highest BCUT2D eigenvalue weighted by atomic mass is 19.2. The summed E-state index contributed by atoms with van der Waals surface area (Å²) in [6.07, 6.45) is 0. The third kappa shape index (κ3) is 4.11. The van der Waals surface area contributed by atoms with E-state index in [9.17, 15) is 17.6 Å². The summed E-state index contributed by atoms with van der Waals surface area (Å²) in [5, 5.41) is 11.2. The molecule has 0 saturated heterocycles. The smallest absolute Gasteiger partial charge is 0.253 e. The number of aliphatic hydroxyl groups excluding tert-OH is 1. The Morgan fingerprint density at radius 2 is 1.76 bits per heavy atom. The Balaban J connectivity index is 2.28. The molecule has 1 unspecified atom stereocenters. The number of hydrogen-bond acceptors (Lipinski definition) is 5. The summed E-state index contributed by atoms with van der Waals surface area (Å²) < 4.78 is 64.2. The fourth-order valence-corrected chi connectivity index (χ4v) is 2.14. The number of pyridine rings is 1. The number of ether oxygens (including phenoxy) is 2. The number of hydrogen-bond donors (Lipinski definition) is 2. The van der Waals surface area contributed by atoms with Gasteiger partial charge in [-0.1, -0.05) is 6.07 Å². The molecule has 0 bridgehead atoms. The molecule has 0 saturated carbocycles. The van der Waals surface area contributed by atoms with Crippen molar-refractivity contribution in [2.24, 2.45) is 0 Å². The summed E-state index contributed by atoms with van der Waals surface area (Å²) in [6, 6.07) is 3.94. The molecule has 1 aromatic heterocycles. The molecule has 0 aliphatic heterocycles. The molecule has 2 N–H and O–H groups in total. The largest absolute Gasteiger partial charge is 0.493 e. The van der Waals surface area contributed by atoms with Crippen LogP contribution in [0.2, 0.25) is 0 Å². The van der Waals surface area contributed by atoms with Crippen LogP contribution in [-0.4, -0.2) is 30.4 Å². The van der Waals surface area contributed by atoms with Crippen molar-refractivity contribution in [2.45, 2.75) is 13.0 Å². The van der Waals surface area contributed by atoms with Crippen molar-refractivity contribution in [2.75, 3.05) is 25.6 Å². The molecular weight excluding hydrogens is 344 g/mol. The average molecular weight is 360 g/mol. The third-order valence-electron chi connectivity index (χ3n) is 3.39. The van der Waals surface area contributed by atoms with Crippen LogP contribution in [0.1, 0.15) is 18.5 Å². The summed E-state index contributed by atoms with van der Waals surface area (Å²) in [5.74, 6) is -6.00. The molecule has 136 valence electrons. The minimum absolute atomic E-state index is 0.0650. The second-order valence-electron chi connectivity index (χ2n) is 5.04. The van der Waals surface area contributed by atoms with Gasteiger partial charge in [-0.25, -0.2) is 0 Å². The first-order chi connectivity index (χ1) is 11.9. The maximum atomic E-state index is 13.7. The summed E-state index contributed by atoms with van der Waals surface area (Å²) in [6.45, 7) is 1.42. The van der Waals surface area contributed by atoms with Crippen LogP contribution in [0, 0.1) is 23.5 Å². The Bertz CT molecular complexity index is 732. The van der Waals surface area contributed by atoms with Gasteiger partial charge in [0.1, 0.15) is 12.3 Å². The van der Waals surface area contributed by atoms with E-state index < -0.39 is 35.3 Å². The van der Waals surface area contributed by atoms with Crippen LogP contribution >= 0.6 is 0 Å². The van der Waals surface area contributed by atoms with Crippen LogP contribution in [0.5, 0.6) is 11.5 Å². The number of aromatic nitrogens is 1. The van der Waals surface area contributed by atoms with Crippen molar-refractivity contribution in [3.63, 3.8) is 0 Å². The maximum Gasteiger partial charge on any atom is 0.253 e. The van der Waals surface area contributed by atoms with E-state index >= 15 is 0 Å². The molecule has 2 rings (SSSR count). The average Bonchev–Trinajstić information content (AvgIpc) is 2.61. The Kier molecular flexibility index (Phi) is 6.02. The van der Waals surface area contributed by atoms with Gasteiger partial charge in [0.05, 0.1) is 13.7 Å². The van der Waals surface area contributed by atoms with E-state index in [4.69, 9.17) is 14.6 Å². The highest BCUT2D eigenvalue weighted by molar-refractivity contribution is 5.50. The molecule has 1 atom stereocenters. The van der Waals surface area contributed by atoms with Gasteiger partial charge in [0, 0.05) is 6.04 Å². The molecular formula is C16H16F4N2O3. The lowest BCUT2D eigenvalue weighted by Crippen LogP contribution is -2.13. The monoisotopic (exact) mass is 360 g/mol. The zero-order chi connectivity index (χ0) is 18.6. The molecule has 0 fully saturated rings. The van der Waals surface area contributed by atoms with Gasteiger partial charge in [0.15, 0.2) is 11.5 Å². The van der Waals surface area contributed by atoms with E-state index in [1.54, 1.807) is 12.1 Å². The second-order valence-corrected chi connectivity index (χ2v) is 5.04. The zero-order valence-electron chi connectivity index (χ0n) is 13.4. The Labute approximate surface area is 141 Å². The first kappa shape index (κ1) is 18.8. The van der Waals surface area contributed by atoms with E-state index in [2.05, 4.69) is 10.3 Å². The first-order valence-electron chi connectivity index (χ1n) is 7.27. The van der Waals surface area contributed by atoms with Crippen molar-refractivity contribution >= 4 is 5.69 Å². The molecule has 0 radical (unpaired) electrons. The molecule has 0 amide bonds. The zero-order valence-corrected chi connectivity index (χ0v) is 13.4. The second kappa shape index (κ2) is 8.02. The lowest BCUT2D eigenvalue weighted by atomic mass is 10.1. The number of nitrogens with zero attached hydrogens (tertiary/aromatic N) is 1. The first-order valence-corrected chi connectivity index (χ1v) is 7.27. The van der Waals surface area contributed by atoms with E-state index in [1.807, 2.05) is 0 Å². The molecule has 5 nitrogen and oxygen atoms in total. The van der Waals surface area contributed by atoms with Crippen LogP contribution in [0.4, 0.5) is 23.2 Å². The third-order valence-corrected chi connectivity index (χ3v) is 3.39. The quantitative estimate of drug-likeness (QED) is 0.587. The van der Waals surface area contributed by atoms with Crippen molar-refractivity contribution < 1.29 is 32.1 Å². The number of nitrogens with one attached hydrogen (secondary N) is 1. The fourth-order valence-electron chi connectivity index (χ4n) is 2.14. The van der Waals surface area contributed by atoms with Crippen LogP contribution in [0.25, 0.3) is 0 Å². The van der Waals surface area contributed by atoms with Gasteiger partial charge in [-0.15, -0.1) is 0 Å². The Morgan fingerprint density at radius 1 is 1.12 bits per heavy atom. The minimum Gasteiger partial charge on any atom is -0.493 e. The van der Waals surface area contributed by atoms with Gasteiger partial charge in [-0.05, 0) is 24.6 Å². The van der Waals surface area contributed by atoms with Gasteiger partial charge >= 0.3 is 0 Å². The highest BCUT2D eigenvalue weighted by Gasteiger charge is 2.22. The summed E-state index contributed by atoms with van der Waals surface area (Å²) in [5.41, 5.74) is -0.429. The van der Waals surface area contributed by atoms with Gasteiger partial charge in [-0.3, -0.25) is 0 Å². The van der Waals surface area contributed by atoms with Crippen molar-refractivity contribution in [1.82, 2.24) is 4.98 Å². The molecule has 0 spiro atoms. The van der Waals surface area contributed by atoms with Crippen molar-refractivity contribution in [1.29, 1.82) is 0 Å². The number of methoxy groups -OCH3 is 1. The summed E-state index contributed by atoms with van der Waals surface area (Å²) >= 11 is 0. The molecule has 9 heteroatoms. The standard InChI is InChI=1S/C16H16F4N2O3/c1-8(21-14-12(17)15(19)22-16(20)13(14)18)9-3-4-10(25-6-5-23)11(7-9)24-2/h3-4,7-8,23H,5-6H2,1-2H3,(H,21,22). The molecule has 1 aromatic carbocycles. The maximum absolute atomic E-state index is 13.7. The Morgan fingerprint density at radius 3 is 2.32 bits per heavy atom. The summed E-state index contributed by atoms with van der Waals surface area (Å²) in [7, 11) is 1.40. The normalized spacial score (nSPS) is 12.0. The van der Waals surface area contributed by atoms with Gasteiger partial charge in [0.25, 0.3) is 11.9 Å². The molecule has 2 aromatic rings. The van der Waals surface area contributed by atoms with Gasteiger partial charge < -0.3 is 19.9 Å². The van der Waals surface area contributed by atoms with Crippen LogP contribution < -0.4 is 14.8 Å². The van der Waals surface area contributed by atoms with E-state index in [0.717, 1.165) is 0 Å². The van der Waals surface area contributed by atoms with E-state index in [1.165, 1.54) is 20.1 Å².